The van der Waals surface area contributed by atoms with Crippen molar-refractivity contribution in [1.29, 1.82) is 5.26 Å². The number of benzene rings is 2. The Bertz CT molecular complexity index is 1040. The van der Waals surface area contributed by atoms with Crippen molar-refractivity contribution in [1.82, 2.24) is 10.2 Å². The Labute approximate surface area is 192 Å². The first-order valence-electron chi connectivity index (χ1n) is 10.1. The van der Waals surface area contributed by atoms with Crippen LogP contribution in [-0.4, -0.2) is 33.9 Å². The lowest BCUT2D eigenvalue weighted by Gasteiger charge is -2.12. The summed E-state index contributed by atoms with van der Waals surface area (Å²) >= 11 is 5.99. The maximum Gasteiger partial charge on any atom is 0.247 e. The summed E-state index contributed by atoms with van der Waals surface area (Å²) in [5.74, 6) is 0.495. The number of halogens is 1. The molecular formula is C23H26ClN5O3. The Morgan fingerprint density at radius 3 is 2.56 bits per heavy atom. The summed E-state index contributed by atoms with van der Waals surface area (Å²) in [6, 6.07) is 12.8. The molecule has 1 aromatic heterocycles. The molecule has 0 saturated heterocycles. The van der Waals surface area contributed by atoms with Crippen LogP contribution >= 0.6 is 11.6 Å². The second-order valence-corrected chi connectivity index (χ2v) is 7.44. The molecule has 3 rings (SSSR count). The van der Waals surface area contributed by atoms with Gasteiger partial charge in [-0.25, -0.2) is 0 Å². The molecule has 1 amide bonds. The quantitative estimate of drug-likeness (QED) is 0.467. The van der Waals surface area contributed by atoms with Crippen LogP contribution in [0.15, 0.2) is 47.2 Å². The van der Waals surface area contributed by atoms with Crippen LogP contribution in [-0.2, 0) is 4.79 Å². The molecule has 0 aliphatic rings. The lowest BCUT2D eigenvalue weighted by Crippen LogP contribution is -2.15. The van der Waals surface area contributed by atoms with E-state index in [2.05, 4.69) is 20.8 Å². The van der Waals surface area contributed by atoms with Crippen molar-refractivity contribution < 1.29 is 14.3 Å². The SMILES string of the molecule is CCCC(=O)Nc1ccc(-c2nnco2)cc1.Cc1c(NCC(C)O)ccc(C#N)c1Cl. The number of rotatable bonds is 7. The molecule has 0 bridgehead atoms. The minimum Gasteiger partial charge on any atom is -0.423 e. The van der Waals surface area contributed by atoms with Crippen LogP contribution in [0.25, 0.3) is 11.5 Å². The first kappa shape index (κ1) is 24.9. The number of amides is 1. The number of hydrogen-bond acceptors (Lipinski definition) is 7. The van der Waals surface area contributed by atoms with Crippen LogP contribution in [0.4, 0.5) is 11.4 Å². The highest BCUT2D eigenvalue weighted by Crippen LogP contribution is 2.26. The second-order valence-electron chi connectivity index (χ2n) is 7.06. The molecule has 1 atom stereocenters. The summed E-state index contributed by atoms with van der Waals surface area (Å²) in [6.45, 7) is 5.97. The number of hydrogen-bond donors (Lipinski definition) is 3. The van der Waals surface area contributed by atoms with E-state index in [1.165, 1.54) is 6.39 Å². The molecule has 0 spiro atoms. The molecule has 168 valence electrons. The Morgan fingerprint density at radius 1 is 1.28 bits per heavy atom. The molecule has 0 radical (unpaired) electrons. The summed E-state index contributed by atoms with van der Waals surface area (Å²) in [4.78, 5) is 11.4. The topological polar surface area (TPSA) is 124 Å². The van der Waals surface area contributed by atoms with Gasteiger partial charge in [0.1, 0.15) is 6.07 Å². The van der Waals surface area contributed by atoms with Crippen LogP contribution in [0.5, 0.6) is 0 Å². The summed E-state index contributed by atoms with van der Waals surface area (Å²) in [7, 11) is 0. The standard InChI is InChI=1S/C12H13N3O2.C11H13ClN2O/c1-2-3-11(16)14-10-6-4-9(5-7-10)12-15-13-8-17-12;1-7(15)6-14-10-4-3-9(5-13)11(12)8(10)2/h4-8H,2-3H2,1H3,(H,14,16);3-4,7,14-15H,6H2,1-2H3. The fraction of sp³-hybridized carbons (Fsp3) is 0.304. The zero-order valence-electron chi connectivity index (χ0n) is 18.2. The predicted octanol–water partition coefficient (Wildman–Crippen LogP) is 4.79. The molecule has 0 saturated carbocycles. The average molecular weight is 456 g/mol. The van der Waals surface area contributed by atoms with Gasteiger partial charge in [0.2, 0.25) is 18.2 Å². The van der Waals surface area contributed by atoms with E-state index in [9.17, 15) is 4.79 Å². The zero-order chi connectivity index (χ0) is 23.5. The van der Waals surface area contributed by atoms with E-state index in [-0.39, 0.29) is 5.91 Å². The molecule has 1 unspecified atom stereocenters. The van der Waals surface area contributed by atoms with Gasteiger partial charge >= 0.3 is 0 Å². The van der Waals surface area contributed by atoms with Gasteiger partial charge in [0, 0.05) is 29.9 Å². The highest BCUT2D eigenvalue weighted by atomic mass is 35.5. The summed E-state index contributed by atoms with van der Waals surface area (Å²) in [6.07, 6.45) is 2.24. The Kier molecular flexibility index (Phi) is 9.67. The number of anilines is 2. The van der Waals surface area contributed by atoms with Crippen molar-refractivity contribution in [2.24, 2.45) is 0 Å². The van der Waals surface area contributed by atoms with E-state index in [4.69, 9.17) is 26.4 Å². The Hall–Kier alpha value is -3.41. The molecule has 9 heteroatoms. The predicted molar refractivity (Wildman–Crippen MR) is 124 cm³/mol. The first-order chi connectivity index (χ1) is 15.3. The van der Waals surface area contributed by atoms with E-state index >= 15 is 0 Å². The number of aliphatic hydroxyl groups excluding tert-OH is 1. The van der Waals surface area contributed by atoms with Crippen LogP contribution in [0.1, 0.15) is 37.8 Å². The molecule has 3 N–H and O–H groups in total. The highest BCUT2D eigenvalue weighted by Gasteiger charge is 2.08. The van der Waals surface area contributed by atoms with Gasteiger partial charge in [0.25, 0.3) is 0 Å². The van der Waals surface area contributed by atoms with Crippen molar-refractivity contribution in [2.45, 2.75) is 39.7 Å². The van der Waals surface area contributed by atoms with E-state index < -0.39 is 6.10 Å². The number of carbonyl (C=O) groups is 1. The van der Waals surface area contributed by atoms with Crippen molar-refractivity contribution in [3.63, 3.8) is 0 Å². The van der Waals surface area contributed by atoms with Gasteiger partial charge in [-0.2, -0.15) is 5.26 Å². The number of nitrogens with one attached hydrogen (secondary N) is 2. The zero-order valence-corrected chi connectivity index (χ0v) is 19.0. The van der Waals surface area contributed by atoms with Crippen molar-refractivity contribution >= 4 is 28.9 Å². The molecule has 32 heavy (non-hydrogen) atoms. The van der Waals surface area contributed by atoms with Gasteiger partial charge in [-0.3, -0.25) is 4.79 Å². The smallest absolute Gasteiger partial charge is 0.247 e. The molecule has 0 aliphatic heterocycles. The maximum atomic E-state index is 11.4. The third kappa shape index (κ3) is 7.38. The molecule has 3 aromatic rings. The maximum absolute atomic E-state index is 11.4. The number of carbonyl (C=O) groups excluding carboxylic acids is 1. The third-order valence-corrected chi connectivity index (χ3v) is 4.83. The van der Waals surface area contributed by atoms with Crippen LogP contribution < -0.4 is 10.6 Å². The van der Waals surface area contributed by atoms with Gasteiger partial charge < -0.3 is 20.2 Å². The highest BCUT2D eigenvalue weighted by molar-refractivity contribution is 6.32. The molecule has 1 heterocycles. The lowest BCUT2D eigenvalue weighted by molar-refractivity contribution is -0.116. The largest absolute Gasteiger partial charge is 0.423 e. The average Bonchev–Trinajstić information content (AvgIpc) is 3.31. The molecule has 2 aromatic carbocycles. The van der Waals surface area contributed by atoms with Crippen LogP contribution in [0.2, 0.25) is 5.02 Å². The van der Waals surface area contributed by atoms with E-state index in [1.54, 1.807) is 19.1 Å². The lowest BCUT2D eigenvalue weighted by atomic mass is 10.1. The van der Waals surface area contributed by atoms with Gasteiger partial charge in [-0.15, -0.1) is 10.2 Å². The number of aliphatic hydroxyl groups is 1. The van der Waals surface area contributed by atoms with Crippen molar-refractivity contribution in [2.75, 3.05) is 17.2 Å². The fourth-order valence-electron chi connectivity index (χ4n) is 2.67. The molecule has 0 fully saturated rings. The monoisotopic (exact) mass is 455 g/mol. The van der Waals surface area contributed by atoms with Crippen molar-refractivity contribution in [3.8, 4) is 17.5 Å². The van der Waals surface area contributed by atoms with E-state index in [1.807, 2.05) is 44.2 Å². The normalized spacial score (nSPS) is 11.0. The third-order valence-electron chi connectivity index (χ3n) is 4.35. The van der Waals surface area contributed by atoms with E-state index in [0.29, 0.717) is 29.4 Å². The Morgan fingerprint density at radius 2 is 2.00 bits per heavy atom. The Balaban J connectivity index is 0.000000229. The summed E-state index contributed by atoms with van der Waals surface area (Å²) in [5.41, 5.74) is 3.75. The first-order valence-corrected chi connectivity index (χ1v) is 10.5. The second kappa shape index (κ2) is 12.4. The van der Waals surface area contributed by atoms with E-state index in [0.717, 1.165) is 28.9 Å². The molecular weight excluding hydrogens is 430 g/mol. The van der Waals surface area contributed by atoms with Gasteiger partial charge in [0.15, 0.2) is 0 Å². The van der Waals surface area contributed by atoms with Gasteiger partial charge in [0.05, 0.1) is 16.7 Å². The number of aromatic nitrogens is 2. The van der Waals surface area contributed by atoms with Crippen molar-refractivity contribution in [3.05, 3.63) is 58.9 Å². The summed E-state index contributed by atoms with van der Waals surface area (Å²) < 4.78 is 5.07. The van der Waals surface area contributed by atoms with Crippen LogP contribution in [0.3, 0.4) is 0 Å². The fourth-order valence-corrected chi connectivity index (χ4v) is 2.87. The molecule has 8 nitrogen and oxygen atoms in total. The molecule has 0 aliphatic carbocycles. The minimum atomic E-state index is -0.418. The summed E-state index contributed by atoms with van der Waals surface area (Å²) in [5, 5.41) is 31.6. The van der Waals surface area contributed by atoms with Gasteiger partial charge in [-0.1, -0.05) is 18.5 Å². The minimum absolute atomic E-state index is 0.0260. The number of nitriles is 1. The van der Waals surface area contributed by atoms with Gasteiger partial charge in [-0.05, 0) is 62.2 Å². The number of nitrogens with zero attached hydrogens (tertiary/aromatic N) is 3. The van der Waals surface area contributed by atoms with Crippen LogP contribution in [0, 0.1) is 18.3 Å².